The molecule has 1 fully saturated rings. The van der Waals surface area contributed by atoms with Crippen molar-refractivity contribution >= 4 is 24.1 Å². The second-order valence-corrected chi connectivity index (χ2v) is 6.45. The Morgan fingerprint density at radius 2 is 1.92 bits per heavy atom. The molecule has 3 rings (SSSR count). The monoisotopic (exact) mass is 348 g/mol. The maximum Gasteiger partial charge on any atom is 0.230 e. The molecule has 1 saturated carbocycles. The van der Waals surface area contributed by atoms with Gasteiger partial charge in [-0.25, -0.2) is 4.68 Å². The van der Waals surface area contributed by atoms with E-state index >= 15 is 0 Å². The van der Waals surface area contributed by atoms with Crippen LogP contribution < -0.4 is 11.1 Å². The van der Waals surface area contributed by atoms with Crippen LogP contribution in [-0.4, -0.2) is 15.7 Å². The van der Waals surface area contributed by atoms with Gasteiger partial charge in [-0.1, -0.05) is 37.3 Å². The summed E-state index contributed by atoms with van der Waals surface area (Å²) >= 11 is 0. The van der Waals surface area contributed by atoms with Crippen molar-refractivity contribution in [3.63, 3.8) is 0 Å². The van der Waals surface area contributed by atoms with E-state index in [1.165, 1.54) is 12.8 Å². The van der Waals surface area contributed by atoms with Crippen LogP contribution in [0.15, 0.2) is 42.6 Å². The fraction of sp³-hybridized carbons (Fsp3) is 0.444. The standard InChI is InChI=1S/C18H24N4O.ClH/c1-12(17(19)15-6-4-3-5-7-15)18(23)21-16-10-11-20-22(16)13(2)14-8-9-14;/h3-7,10-14,17H,8-9,19H2,1-2H3,(H,21,23);1H. The Morgan fingerprint density at radius 1 is 1.25 bits per heavy atom. The number of aromatic nitrogens is 2. The van der Waals surface area contributed by atoms with E-state index in [2.05, 4.69) is 17.3 Å². The van der Waals surface area contributed by atoms with Crippen molar-refractivity contribution in [3.8, 4) is 0 Å². The first-order valence-electron chi connectivity index (χ1n) is 8.23. The van der Waals surface area contributed by atoms with E-state index in [1.807, 2.05) is 48.0 Å². The van der Waals surface area contributed by atoms with E-state index < -0.39 is 0 Å². The molecule has 3 N–H and O–H groups in total. The number of halogens is 1. The number of rotatable bonds is 6. The first-order chi connectivity index (χ1) is 11.1. The van der Waals surface area contributed by atoms with Crippen LogP contribution in [0.2, 0.25) is 0 Å². The molecule has 6 heteroatoms. The first kappa shape index (κ1) is 18.5. The number of carbonyl (C=O) groups is 1. The Kier molecular flexibility index (Phi) is 6.02. The molecule has 0 bridgehead atoms. The third kappa shape index (κ3) is 3.97. The largest absolute Gasteiger partial charge is 0.323 e. The second-order valence-electron chi connectivity index (χ2n) is 6.45. The summed E-state index contributed by atoms with van der Waals surface area (Å²) in [7, 11) is 0. The minimum Gasteiger partial charge on any atom is -0.323 e. The Hall–Kier alpha value is -1.85. The first-order valence-corrected chi connectivity index (χ1v) is 8.23. The van der Waals surface area contributed by atoms with Gasteiger partial charge in [-0.2, -0.15) is 5.10 Å². The molecule has 1 aromatic heterocycles. The van der Waals surface area contributed by atoms with Gasteiger partial charge in [0.1, 0.15) is 5.82 Å². The summed E-state index contributed by atoms with van der Waals surface area (Å²) in [6, 6.07) is 11.6. The molecule has 1 aliphatic rings. The number of amides is 1. The summed E-state index contributed by atoms with van der Waals surface area (Å²) in [4.78, 5) is 12.6. The zero-order valence-electron chi connectivity index (χ0n) is 14.1. The molecule has 3 unspecified atom stereocenters. The zero-order chi connectivity index (χ0) is 16.4. The third-order valence-electron chi connectivity index (χ3n) is 4.75. The molecular formula is C18H25ClN4O. The number of hydrogen-bond donors (Lipinski definition) is 2. The van der Waals surface area contributed by atoms with Crippen molar-refractivity contribution < 1.29 is 4.79 Å². The summed E-state index contributed by atoms with van der Waals surface area (Å²) in [5.74, 6) is 1.03. The number of carbonyl (C=O) groups excluding carboxylic acids is 1. The van der Waals surface area contributed by atoms with Crippen LogP contribution >= 0.6 is 12.4 Å². The Labute approximate surface area is 149 Å². The lowest BCUT2D eigenvalue weighted by Crippen LogP contribution is -2.31. The zero-order valence-corrected chi connectivity index (χ0v) is 14.9. The highest BCUT2D eigenvalue weighted by Crippen LogP contribution is 2.40. The summed E-state index contributed by atoms with van der Waals surface area (Å²) in [6.07, 6.45) is 4.21. The molecule has 24 heavy (non-hydrogen) atoms. The highest BCUT2D eigenvalue weighted by atomic mass is 35.5. The molecule has 130 valence electrons. The Bertz CT molecular complexity index is 669. The van der Waals surface area contributed by atoms with E-state index in [1.54, 1.807) is 6.20 Å². The minimum absolute atomic E-state index is 0. The number of nitrogens with one attached hydrogen (secondary N) is 1. The van der Waals surface area contributed by atoms with Crippen molar-refractivity contribution in [2.45, 2.75) is 38.8 Å². The van der Waals surface area contributed by atoms with E-state index in [0.29, 0.717) is 12.0 Å². The molecule has 5 nitrogen and oxygen atoms in total. The van der Waals surface area contributed by atoms with Gasteiger partial charge < -0.3 is 11.1 Å². The summed E-state index contributed by atoms with van der Waals surface area (Å²) in [5, 5.41) is 7.35. The summed E-state index contributed by atoms with van der Waals surface area (Å²) in [6.45, 7) is 4.01. The normalized spacial score (nSPS) is 17.5. The topological polar surface area (TPSA) is 72.9 Å². The van der Waals surface area contributed by atoms with Crippen molar-refractivity contribution in [1.82, 2.24) is 9.78 Å². The van der Waals surface area contributed by atoms with Gasteiger partial charge in [0, 0.05) is 12.1 Å². The van der Waals surface area contributed by atoms with Crippen molar-refractivity contribution in [3.05, 3.63) is 48.2 Å². The highest BCUT2D eigenvalue weighted by molar-refractivity contribution is 5.92. The van der Waals surface area contributed by atoms with Gasteiger partial charge in [-0.15, -0.1) is 12.4 Å². The van der Waals surface area contributed by atoms with Gasteiger partial charge in [-0.3, -0.25) is 4.79 Å². The smallest absolute Gasteiger partial charge is 0.230 e. The lowest BCUT2D eigenvalue weighted by molar-refractivity contribution is -0.120. The molecular weight excluding hydrogens is 324 g/mol. The SMILES string of the molecule is CC(C(=O)Nc1ccnn1C(C)C1CC1)C(N)c1ccccc1.Cl. The Balaban J connectivity index is 0.00000208. The summed E-state index contributed by atoms with van der Waals surface area (Å²) in [5.41, 5.74) is 7.21. The molecule has 0 radical (unpaired) electrons. The Morgan fingerprint density at radius 3 is 2.54 bits per heavy atom. The van der Waals surface area contributed by atoms with Gasteiger partial charge >= 0.3 is 0 Å². The molecule has 1 amide bonds. The van der Waals surface area contributed by atoms with Gasteiger partial charge in [0.2, 0.25) is 5.91 Å². The number of nitrogens with two attached hydrogens (primary N) is 1. The minimum atomic E-state index is -0.326. The average molecular weight is 349 g/mol. The molecule has 0 aliphatic heterocycles. The van der Waals surface area contributed by atoms with Crippen LogP contribution in [0, 0.1) is 11.8 Å². The van der Waals surface area contributed by atoms with E-state index in [-0.39, 0.29) is 30.3 Å². The third-order valence-corrected chi connectivity index (χ3v) is 4.75. The molecule has 1 heterocycles. The molecule has 0 saturated heterocycles. The van der Waals surface area contributed by atoms with Gasteiger partial charge in [0.05, 0.1) is 18.2 Å². The fourth-order valence-corrected chi connectivity index (χ4v) is 2.88. The van der Waals surface area contributed by atoms with E-state index in [9.17, 15) is 4.79 Å². The van der Waals surface area contributed by atoms with Crippen molar-refractivity contribution in [2.75, 3.05) is 5.32 Å². The molecule has 2 aromatic rings. The predicted molar refractivity (Wildman–Crippen MR) is 98.1 cm³/mol. The van der Waals surface area contributed by atoms with Gasteiger partial charge in [0.15, 0.2) is 0 Å². The van der Waals surface area contributed by atoms with Crippen LogP contribution in [0.25, 0.3) is 0 Å². The van der Waals surface area contributed by atoms with Gasteiger partial charge in [-0.05, 0) is 31.2 Å². The average Bonchev–Trinajstić information content (AvgIpc) is 3.33. The highest BCUT2D eigenvalue weighted by Gasteiger charge is 2.31. The molecule has 3 atom stereocenters. The second kappa shape index (κ2) is 7.81. The van der Waals surface area contributed by atoms with Crippen molar-refractivity contribution in [2.24, 2.45) is 17.6 Å². The molecule has 0 spiro atoms. The number of nitrogens with zero attached hydrogens (tertiary/aromatic N) is 2. The van der Waals surface area contributed by atoms with Crippen LogP contribution in [-0.2, 0) is 4.79 Å². The quantitative estimate of drug-likeness (QED) is 0.838. The predicted octanol–water partition coefficient (Wildman–Crippen LogP) is 3.55. The number of benzene rings is 1. The van der Waals surface area contributed by atoms with Crippen LogP contribution in [0.4, 0.5) is 5.82 Å². The lowest BCUT2D eigenvalue weighted by Gasteiger charge is -2.21. The maximum atomic E-state index is 12.6. The fourth-order valence-electron chi connectivity index (χ4n) is 2.88. The van der Waals surface area contributed by atoms with E-state index in [0.717, 1.165) is 11.4 Å². The van der Waals surface area contributed by atoms with Crippen molar-refractivity contribution in [1.29, 1.82) is 0 Å². The van der Waals surface area contributed by atoms with Gasteiger partial charge in [0.25, 0.3) is 0 Å². The summed E-state index contributed by atoms with van der Waals surface area (Å²) < 4.78 is 1.91. The maximum absolute atomic E-state index is 12.6. The molecule has 1 aliphatic carbocycles. The van der Waals surface area contributed by atoms with Crippen LogP contribution in [0.1, 0.15) is 44.3 Å². The van der Waals surface area contributed by atoms with Crippen LogP contribution in [0.5, 0.6) is 0 Å². The number of hydrogen-bond acceptors (Lipinski definition) is 3. The van der Waals surface area contributed by atoms with Crippen LogP contribution in [0.3, 0.4) is 0 Å². The molecule has 1 aromatic carbocycles. The lowest BCUT2D eigenvalue weighted by atomic mass is 9.95. The number of anilines is 1. The van der Waals surface area contributed by atoms with E-state index in [4.69, 9.17) is 5.73 Å².